The number of ether oxygens (including phenoxy) is 1. The van der Waals surface area contributed by atoms with Gasteiger partial charge in [0.15, 0.2) is 0 Å². The molecular weight excluding hydrogens is 669 g/mol. The van der Waals surface area contributed by atoms with Gasteiger partial charge in [0.05, 0.1) is 39.1 Å². The molecule has 1 heterocycles. The molecule has 5 rings (SSSR count). The van der Waals surface area contributed by atoms with E-state index in [1.54, 1.807) is 18.3 Å². The van der Waals surface area contributed by atoms with Gasteiger partial charge in [0.2, 0.25) is 0 Å². The van der Waals surface area contributed by atoms with E-state index in [1.807, 2.05) is 74.0 Å². The van der Waals surface area contributed by atoms with E-state index in [4.69, 9.17) is 27.9 Å². The fourth-order valence-corrected chi connectivity index (χ4v) is 8.49. The number of fused-ring (bicyclic) bond motifs is 1. The molecule has 0 saturated carbocycles. The summed E-state index contributed by atoms with van der Waals surface area (Å²) in [6, 6.07) is 23.5. The molecular formula is C37H39Cl2N3O3S2. The minimum atomic E-state index is -1.10. The predicted molar refractivity (Wildman–Crippen MR) is 195 cm³/mol. The zero-order valence-corrected chi connectivity index (χ0v) is 30.2. The molecule has 47 heavy (non-hydrogen) atoms. The molecule has 1 aliphatic heterocycles. The van der Waals surface area contributed by atoms with Crippen LogP contribution >= 0.6 is 35.0 Å². The number of likely N-dealkylation sites (N-methyl/N-ethyl adjacent to an activating group) is 1. The van der Waals surface area contributed by atoms with Crippen molar-refractivity contribution in [3.63, 3.8) is 0 Å². The molecule has 1 aliphatic rings. The molecule has 1 unspecified atom stereocenters. The number of thioether (sulfide) groups is 1. The van der Waals surface area contributed by atoms with Gasteiger partial charge in [-0.2, -0.15) is 5.26 Å². The van der Waals surface area contributed by atoms with E-state index in [-0.39, 0.29) is 11.8 Å². The summed E-state index contributed by atoms with van der Waals surface area (Å²) in [7, 11) is 2.37. The highest BCUT2D eigenvalue weighted by Gasteiger charge is 2.27. The molecule has 4 aromatic rings. The van der Waals surface area contributed by atoms with Crippen LogP contribution in [0.25, 0.3) is 10.8 Å². The Bertz CT molecular complexity index is 1840. The zero-order chi connectivity index (χ0) is 33.7. The zero-order valence-electron chi connectivity index (χ0n) is 27.1. The number of likely N-dealkylation sites (tertiary alicyclic amines) is 1. The number of hydrogen-bond acceptors (Lipinski definition) is 6. The van der Waals surface area contributed by atoms with Crippen molar-refractivity contribution in [3.8, 4) is 11.8 Å². The number of hydrogen-bond donors (Lipinski definition) is 0. The Kier molecular flexibility index (Phi) is 11.9. The van der Waals surface area contributed by atoms with Gasteiger partial charge in [0.1, 0.15) is 11.8 Å². The Labute approximate surface area is 294 Å². The number of nitriles is 1. The quantitative estimate of drug-likeness (QED) is 0.145. The molecule has 2 atom stereocenters. The minimum Gasteiger partial charge on any atom is -0.497 e. The van der Waals surface area contributed by atoms with E-state index in [0.717, 1.165) is 71.4 Å². The number of halogens is 2. The Morgan fingerprint density at radius 3 is 2.51 bits per heavy atom. The summed E-state index contributed by atoms with van der Waals surface area (Å²) < 4.78 is 17.9. The van der Waals surface area contributed by atoms with Crippen LogP contribution in [0.2, 0.25) is 10.0 Å². The molecule has 1 fully saturated rings. The maximum atomic E-state index is 14.2. The molecule has 1 amide bonds. The summed E-state index contributed by atoms with van der Waals surface area (Å²) in [5.41, 5.74) is 3.25. The van der Waals surface area contributed by atoms with E-state index < -0.39 is 10.8 Å². The predicted octanol–water partition coefficient (Wildman–Crippen LogP) is 8.61. The number of nitrogens with zero attached hydrogens (tertiary/aromatic N) is 3. The molecule has 6 nitrogen and oxygen atoms in total. The van der Waals surface area contributed by atoms with Crippen molar-refractivity contribution >= 4 is 62.4 Å². The lowest BCUT2D eigenvalue weighted by Crippen LogP contribution is -2.36. The fraction of sp³-hybridized carbons (Fsp3) is 0.351. The molecule has 0 aliphatic carbocycles. The Morgan fingerprint density at radius 1 is 1.11 bits per heavy atom. The van der Waals surface area contributed by atoms with E-state index in [2.05, 4.69) is 17.0 Å². The first-order valence-corrected chi connectivity index (χ1v) is 19.1. The second-order valence-corrected chi connectivity index (χ2v) is 15.0. The van der Waals surface area contributed by atoms with E-state index in [0.29, 0.717) is 38.5 Å². The topological polar surface area (TPSA) is 73.6 Å². The van der Waals surface area contributed by atoms with Crippen molar-refractivity contribution in [1.82, 2.24) is 9.80 Å². The molecule has 0 spiro atoms. The van der Waals surface area contributed by atoms with Gasteiger partial charge in [-0.05, 0) is 103 Å². The first-order chi connectivity index (χ1) is 22.6. The average Bonchev–Trinajstić information content (AvgIpc) is 3.09. The van der Waals surface area contributed by atoms with Gasteiger partial charge in [-0.15, -0.1) is 11.8 Å². The third-order valence-corrected chi connectivity index (χ3v) is 11.7. The third-order valence-electron chi connectivity index (χ3n) is 9.15. The number of benzene rings is 4. The van der Waals surface area contributed by atoms with Crippen LogP contribution in [-0.4, -0.2) is 72.8 Å². The van der Waals surface area contributed by atoms with E-state index in [9.17, 15) is 14.3 Å². The lowest BCUT2D eigenvalue weighted by molar-refractivity contribution is 0.0780. The molecule has 246 valence electrons. The number of carbonyl (C=O) groups is 1. The van der Waals surface area contributed by atoms with Crippen molar-refractivity contribution in [3.05, 3.63) is 99.0 Å². The normalized spacial score (nSPS) is 15.3. The smallest absolute Gasteiger partial charge is 0.255 e. The Morgan fingerprint density at radius 2 is 1.85 bits per heavy atom. The second kappa shape index (κ2) is 15.9. The number of amides is 1. The van der Waals surface area contributed by atoms with Crippen molar-refractivity contribution < 1.29 is 13.7 Å². The SMILES string of the molecule is COc1ccc(C2CCN(CCC(CN(C)C(=O)c3c(SC)c(C#N)cc4ccccc34)c3ccc(Cl)c(Cl)c3)CC2)c([S@](C)=O)c1. The van der Waals surface area contributed by atoms with Crippen LogP contribution in [0.1, 0.15) is 58.1 Å². The van der Waals surface area contributed by atoms with Crippen LogP contribution in [0.5, 0.6) is 5.75 Å². The Balaban J connectivity index is 1.34. The number of rotatable bonds is 11. The molecule has 4 aromatic carbocycles. The summed E-state index contributed by atoms with van der Waals surface area (Å²) in [5, 5.41) is 12.6. The van der Waals surface area contributed by atoms with Gasteiger partial charge in [0.25, 0.3) is 5.91 Å². The Hall–Kier alpha value is -3.06. The lowest BCUT2D eigenvalue weighted by atomic mass is 9.88. The number of carbonyl (C=O) groups excluding carboxylic acids is 1. The molecule has 10 heteroatoms. The summed E-state index contributed by atoms with van der Waals surface area (Å²) in [4.78, 5) is 20.0. The van der Waals surface area contributed by atoms with Gasteiger partial charge < -0.3 is 14.5 Å². The van der Waals surface area contributed by atoms with Crippen LogP contribution in [0.4, 0.5) is 0 Å². The van der Waals surface area contributed by atoms with Gasteiger partial charge in [-0.3, -0.25) is 9.00 Å². The molecule has 0 radical (unpaired) electrons. The summed E-state index contributed by atoms with van der Waals surface area (Å²) in [6.07, 6.45) is 6.41. The summed E-state index contributed by atoms with van der Waals surface area (Å²) >= 11 is 14.2. The van der Waals surface area contributed by atoms with Gasteiger partial charge in [0, 0.05) is 35.6 Å². The highest BCUT2D eigenvalue weighted by atomic mass is 35.5. The van der Waals surface area contributed by atoms with Crippen molar-refractivity contribution in [2.75, 3.05) is 52.8 Å². The first-order valence-electron chi connectivity index (χ1n) is 15.6. The molecule has 0 aromatic heterocycles. The molecule has 0 N–H and O–H groups in total. The fourth-order valence-electron chi connectivity index (χ4n) is 6.60. The van der Waals surface area contributed by atoms with Crippen LogP contribution in [0.15, 0.2) is 76.5 Å². The monoisotopic (exact) mass is 707 g/mol. The van der Waals surface area contributed by atoms with E-state index >= 15 is 0 Å². The lowest BCUT2D eigenvalue weighted by Gasteiger charge is -2.34. The van der Waals surface area contributed by atoms with Gasteiger partial charge >= 0.3 is 0 Å². The van der Waals surface area contributed by atoms with Crippen LogP contribution in [0, 0.1) is 11.3 Å². The molecule has 0 bridgehead atoms. The summed E-state index contributed by atoms with van der Waals surface area (Å²) in [5.74, 6) is 0.964. The second-order valence-electron chi connectivity index (χ2n) is 12.0. The summed E-state index contributed by atoms with van der Waals surface area (Å²) in [6.45, 7) is 3.19. The first kappa shape index (κ1) is 35.3. The van der Waals surface area contributed by atoms with Gasteiger partial charge in [-0.1, -0.05) is 59.6 Å². The number of piperidine rings is 1. The third kappa shape index (κ3) is 7.98. The van der Waals surface area contributed by atoms with Crippen molar-refractivity contribution in [2.45, 2.75) is 40.9 Å². The number of methoxy groups -OCH3 is 1. The highest BCUT2D eigenvalue weighted by molar-refractivity contribution is 7.98. The van der Waals surface area contributed by atoms with Gasteiger partial charge in [-0.25, -0.2) is 0 Å². The highest BCUT2D eigenvalue weighted by Crippen LogP contribution is 2.36. The van der Waals surface area contributed by atoms with Crippen molar-refractivity contribution in [1.29, 1.82) is 5.26 Å². The van der Waals surface area contributed by atoms with Crippen molar-refractivity contribution in [2.24, 2.45) is 0 Å². The van der Waals surface area contributed by atoms with Crippen LogP contribution < -0.4 is 4.74 Å². The van der Waals surface area contributed by atoms with Crippen LogP contribution in [-0.2, 0) is 10.8 Å². The largest absolute Gasteiger partial charge is 0.497 e. The van der Waals surface area contributed by atoms with E-state index in [1.165, 1.54) is 11.8 Å². The molecule has 1 saturated heterocycles. The standard InChI is InChI=1S/C37H39Cl2N3O3S2/c1-41(37(43)35-31-8-6-5-7-26(31)19-28(22-40)36(35)46-3)23-27(25-9-12-32(38)33(39)20-25)15-18-42-16-13-24(14-17-42)30-11-10-29(45-2)21-34(30)47(4)44/h5-12,19-21,24,27H,13-18,23H2,1-4H3/t27?,47-/m0/s1. The minimum absolute atomic E-state index is 0.00953. The van der Waals surface area contributed by atoms with Crippen LogP contribution in [0.3, 0.4) is 0 Å². The maximum Gasteiger partial charge on any atom is 0.255 e. The average molecular weight is 709 g/mol. The maximum absolute atomic E-state index is 14.2.